The largest absolute Gasteiger partial charge is 0.492 e. The van der Waals surface area contributed by atoms with Crippen molar-refractivity contribution in [3.05, 3.63) is 72.6 Å². The Labute approximate surface area is 205 Å². The van der Waals surface area contributed by atoms with Crippen LogP contribution in [0.1, 0.15) is 11.7 Å². The van der Waals surface area contributed by atoms with E-state index in [9.17, 15) is 22.3 Å². The number of nitrogens with zero attached hydrogens (tertiary/aromatic N) is 2. The number of alkyl halides is 2. The minimum atomic E-state index is -3.80. The molecule has 36 heavy (non-hydrogen) atoms. The van der Waals surface area contributed by atoms with Gasteiger partial charge in [-0.25, -0.2) is 8.42 Å². The molecule has 190 valence electrons. The Kier molecular flexibility index (Phi) is 7.93. The summed E-state index contributed by atoms with van der Waals surface area (Å²) in [7, 11) is -3.80. The normalized spacial score (nSPS) is 12.6. The predicted molar refractivity (Wildman–Crippen MR) is 128 cm³/mol. The van der Waals surface area contributed by atoms with Gasteiger partial charge in [0.15, 0.2) is 0 Å². The van der Waals surface area contributed by atoms with Gasteiger partial charge in [0.1, 0.15) is 17.3 Å². The summed E-state index contributed by atoms with van der Waals surface area (Å²) in [5, 5.41) is 20.3. The van der Waals surface area contributed by atoms with Gasteiger partial charge >= 0.3 is 6.61 Å². The number of fused-ring (bicyclic) bond motifs is 1. The summed E-state index contributed by atoms with van der Waals surface area (Å²) < 4.78 is 62.2. The van der Waals surface area contributed by atoms with Gasteiger partial charge in [-0.05, 0) is 42.0 Å². The number of hydrogen-bond donors (Lipinski definition) is 4. The van der Waals surface area contributed by atoms with E-state index in [4.69, 9.17) is 4.74 Å². The van der Waals surface area contributed by atoms with Crippen LogP contribution in [0.5, 0.6) is 11.6 Å². The molecule has 0 saturated carbocycles. The maximum Gasteiger partial charge on any atom is 0.388 e. The molecular weight excluding hydrogens is 496 g/mol. The molecule has 2 aromatic heterocycles. The number of anilines is 1. The Balaban J connectivity index is 1.25. The van der Waals surface area contributed by atoms with E-state index in [0.29, 0.717) is 34.4 Å². The quantitative estimate of drug-likeness (QED) is 0.210. The van der Waals surface area contributed by atoms with Gasteiger partial charge in [-0.3, -0.25) is 14.8 Å². The molecule has 4 N–H and O–H groups in total. The molecule has 0 aliphatic rings. The molecule has 10 nitrogen and oxygen atoms in total. The van der Waals surface area contributed by atoms with E-state index in [1.54, 1.807) is 42.5 Å². The first kappa shape index (κ1) is 25.3. The lowest BCUT2D eigenvalue weighted by molar-refractivity contribution is -0.0518. The van der Waals surface area contributed by atoms with Crippen molar-refractivity contribution in [2.45, 2.75) is 17.6 Å². The van der Waals surface area contributed by atoms with E-state index in [1.165, 1.54) is 24.5 Å². The molecule has 0 aliphatic heterocycles. The van der Waals surface area contributed by atoms with Gasteiger partial charge in [-0.15, -0.1) is 5.10 Å². The highest BCUT2D eigenvalue weighted by molar-refractivity contribution is 7.92. The van der Waals surface area contributed by atoms with Crippen molar-refractivity contribution < 1.29 is 31.8 Å². The van der Waals surface area contributed by atoms with Crippen molar-refractivity contribution in [3.63, 3.8) is 0 Å². The molecule has 0 aliphatic carbocycles. The average molecular weight is 520 g/mol. The van der Waals surface area contributed by atoms with E-state index in [0.717, 1.165) is 0 Å². The van der Waals surface area contributed by atoms with Crippen LogP contribution in [0, 0.1) is 0 Å². The van der Waals surface area contributed by atoms with Gasteiger partial charge in [0, 0.05) is 37.2 Å². The Morgan fingerprint density at radius 1 is 1.11 bits per heavy atom. The molecule has 4 aromatic rings. The highest BCUT2D eigenvalue weighted by atomic mass is 32.2. The topological polar surface area (TPSA) is 138 Å². The van der Waals surface area contributed by atoms with Gasteiger partial charge in [0.25, 0.3) is 10.0 Å². The highest BCUT2D eigenvalue weighted by Gasteiger charge is 2.16. The van der Waals surface area contributed by atoms with Gasteiger partial charge in [0.2, 0.25) is 5.88 Å². The molecule has 13 heteroatoms. The zero-order valence-corrected chi connectivity index (χ0v) is 19.6. The van der Waals surface area contributed by atoms with E-state index in [2.05, 4.69) is 30.0 Å². The number of aliphatic hydroxyl groups excluding tert-OH is 1. The second kappa shape index (κ2) is 11.3. The molecule has 0 amide bonds. The lowest BCUT2D eigenvalue weighted by Crippen LogP contribution is -2.26. The summed E-state index contributed by atoms with van der Waals surface area (Å²) in [4.78, 5) is 3.85. The third-order valence-corrected chi connectivity index (χ3v) is 6.42. The smallest absolute Gasteiger partial charge is 0.388 e. The van der Waals surface area contributed by atoms with Gasteiger partial charge in [-0.1, -0.05) is 12.1 Å². The van der Waals surface area contributed by atoms with Crippen LogP contribution in [0.15, 0.2) is 71.9 Å². The van der Waals surface area contributed by atoms with Crippen LogP contribution in [-0.2, 0) is 10.0 Å². The molecule has 0 saturated heterocycles. The molecule has 2 heterocycles. The number of halogens is 2. The second-order valence-corrected chi connectivity index (χ2v) is 9.29. The standard InChI is InChI=1S/C23H23F2N5O5S/c24-23(25)35-22-19-7-6-17(12-20(19)28-29-22)34-10-9-27-14-21(31)15-3-1-4-16(11-15)30-36(32,33)18-5-2-8-26-13-18/h1-8,11-13,21,23,27,30-31H,9-10,14H2,(H,28,29). The van der Waals surface area contributed by atoms with Crippen molar-refractivity contribution in [1.29, 1.82) is 0 Å². The first-order valence-electron chi connectivity index (χ1n) is 10.8. The number of aromatic amines is 1. The fourth-order valence-electron chi connectivity index (χ4n) is 3.36. The Morgan fingerprint density at radius 3 is 2.75 bits per heavy atom. The van der Waals surface area contributed by atoms with Crippen LogP contribution < -0.4 is 19.5 Å². The van der Waals surface area contributed by atoms with E-state index in [-0.39, 0.29) is 23.9 Å². The highest BCUT2D eigenvalue weighted by Crippen LogP contribution is 2.27. The van der Waals surface area contributed by atoms with Crippen LogP contribution in [0.25, 0.3) is 10.9 Å². The van der Waals surface area contributed by atoms with Crippen LogP contribution >= 0.6 is 0 Å². The molecule has 1 unspecified atom stereocenters. The van der Waals surface area contributed by atoms with Crippen molar-refractivity contribution in [2.75, 3.05) is 24.4 Å². The lowest BCUT2D eigenvalue weighted by Gasteiger charge is -2.14. The molecule has 0 radical (unpaired) electrons. The number of pyridine rings is 1. The van der Waals surface area contributed by atoms with Crippen molar-refractivity contribution in [3.8, 4) is 11.6 Å². The fraction of sp³-hybridized carbons (Fsp3) is 0.217. The third kappa shape index (κ3) is 6.44. The summed E-state index contributed by atoms with van der Waals surface area (Å²) in [5.41, 5.74) is 1.34. The minimum absolute atomic E-state index is 0.0335. The fourth-order valence-corrected chi connectivity index (χ4v) is 4.38. The zero-order valence-electron chi connectivity index (χ0n) is 18.8. The van der Waals surface area contributed by atoms with Crippen molar-refractivity contribution in [1.82, 2.24) is 20.5 Å². The van der Waals surface area contributed by atoms with Crippen molar-refractivity contribution in [2.24, 2.45) is 0 Å². The van der Waals surface area contributed by atoms with Gasteiger partial charge in [0.05, 0.1) is 17.0 Å². The number of ether oxygens (including phenoxy) is 2. The second-order valence-electron chi connectivity index (χ2n) is 7.60. The number of H-pyrrole nitrogens is 1. The van der Waals surface area contributed by atoms with Crippen LogP contribution in [0.3, 0.4) is 0 Å². The van der Waals surface area contributed by atoms with Crippen LogP contribution in [0.2, 0.25) is 0 Å². The minimum Gasteiger partial charge on any atom is -0.492 e. The summed E-state index contributed by atoms with van der Waals surface area (Å²) in [5.74, 6) is 0.321. The van der Waals surface area contributed by atoms with E-state index in [1.807, 2.05) is 0 Å². The third-order valence-electron chi connectivity index (χ3n) is 5.05. The molecule has 0 fully saturated rings. The maximum atomic E-state index is 12.5. The Hall–Kier alpha value is -3.81. The Bertz CT molecular complexity index is 1400. The molecule has 4 rings (SSSR count). The van der Waals surface area contributed by atoms with E-state index >= 15 is 0 Å². The maximum absolute atomic E-state index is 12.5. The average Bonchev–Trinajstić information content (AvgIpc) is 3.25. The first-order valence-corrected chi connectivity index (χ1v) is 12.3. The van der Waals surface area contributed by atoms with Gasteiger partial charge in [-0.2, -0.15) is 8.78 Å². The molecule has 2 aromatic carbocycles. The molecular formula is C23H23F2N5O5S. The number of rotatable bonds is 12. The lowest BCUT2D eigenvalue weighted by atomic mass is 10.1. The molecule has 0 bridgehead atoms. The Morgan fingerprint density at radius 2 is 1.97 bits per heavy atom. The first-order chi connectivity index (χ1) is 17.3. The van der Waals surface area contributed by atoms with Crippen LogP contribution in [0.4, 0.5) is 14.5 Å². The summed E-state index contributed by atoms with van der Waals surface area (Å²) in [6.07, 6.45) is 1.84. The van der Waals surface area contributed by atoms with Crippen molar-refractivity contribution >= 4 is 26.6 Å². The summed E-state index contributed by atoms with van der Waals surface area (Å²) >= 11 is 0. The number of hydrogen-bond acceptors (Lipinski definition) is 8. The van der Waals surface area contributed by atoms with Crippen LogP contribution in [-0.4, -0.2) is 55.0 Å². The predicted octanol–water partition coefficient (Wildman–Crippen LogP) is 3.06. The number of aliphatic hydroxyl groups is 1. The van der Waals surface area contributed by atoms with Gasteiger partial charge < -0.3 is 19.9 Å². The molecule has 1 atom stereocenters. The zero-order chi connectivity index (χ0) is 25.5. The molecule has 0 spiro atoms. The summed E-state index contributed by atoms with van der Waals surface area (Å²) in [6.45, 7) is -2.08. The SMILES string of the molecule is O=S(=O)(Nc1cccc(C(O)CNCCOc2ccc3c(OC(F)F)n[nH]c3c2)c1)c1cccnc1. The number of sulfonamides is 1. The van der Waals surface area contributed by atoms with E-state index < -0.39 is 22.7 Å². The number of benzene rings is 2. The number of aromatic nitrogens is 3. The summed E-state index contributed by atoms with van der Waals surface area (Å²) in [6, 6.07) is 14.2. The number of nitrogens with one attached hydrogen (secondary N) is 3. The monoisotopic (exact) mass is 519 g/mol.